The number of likely N-dealkylation sites (tertiary alicyclic amines) is 1. The molecule has 0 spiro atoms. The average molecular weight is 347 g/mol. The zero-order valence-electron chi connectivity index (χ0n) is 14.8. The molecule has 2 aliphatic rings. The van der Waals surface area contributed by atoms with Crippen molar-refractivity contribution in [2.24, 2.45) is 5.92 Å². The van der Waals surface area contributed by atoms with Gasteiger partial charge in [0, 0.05) is 45.0 Å². The average Bonchev–Trinajstić information content (AvgIpc) is 3.15. The largest absolute Gasteiger partial charge is 0.379 e. The molecule has 2 heterocycles. The molecule has 2 fully saturated rings. The highest BCUT2D eigenvalue weighted by Crippen LogP contribution is 2.30. The molecule has 0 N–H and O–H groups in total. The number of hydrogen-bond donors (Lipinski definition) is 0. The van der Waals surface area contributed by atoms with Gasteiger partial charge in [0.25, 0.3) is 11.6 Å². The number of carbonyl (C=O) groups excluding carboxylic acids is 1. The number of ether oxygens (including phenoxy) is 1. The van der Waals surface area contributed by atoms with Crippen LogP contribution in [0.1, 0.15) is 36.5 Å². The smallest absolute Gasteiger partial charge is 0.282 e. The molecule has 0 aromatic heterocycles. The number of carbonyl (C=O) groups is 1. The van der Waals surface area contributed by atoms with Crippen LogP contribution >= 0.6 is 0 Å². The highest BCUT2D eigenvalue weighted by atomic mass is 16.6. The summed E-state index contributed by atoms with van der Waals surface area (Å²) in [6.45, 7) is 5.10. The fourth-order valence-corrected chi connectivity index (χ4v) is 3.72. The molecule has 3 rings (SSSR count). The van der Waals surface area contributed by atoms with E-state index in [1.807, 2.05) is 0 Å². The highest BCUT2D eigenvalue weighted by Gasteiger charge is 2.30. The van der Waals surface area contributed by atoms with Crippen molar-refractivity contribution in [1.82, 2.24) is 4.90 Å². The van der Waals surface area contributed by atoms with Crippen LogP contribution in [0.4, 0.5) is 11.4 Å². The van der Waals surface area contributed by atoms with Gasteiger partial charge in [-0.3, -0.25) is 14.9 Å². The first kappa shape index (κ1) is 17.7. The first-order chi connectivity index (χ1) is 12.0. The van der Waals surface area contributed by atoms with Gasteiger partial charge in [-0.15, -0.1) is 0 Å². The Morgan fingerprint density at radius 1 is 1.28 bits per heavy atom. The van der Waals surface area contributed by atoms with Crippen molar-refractivity contribution in [3.8, 4) is 0 Å². The number of anilines is 1. The zero-order chi connectivity index (χ0) is 18.0. The van der Waals surface area contributed by atoms with Crippen LogP contribution in [0, 0.1) is 16.0 Å². The first-order valence-corrected chi connectivity index (χ1v) is 8.86. The minimum Gasteiger partial charge on any atom is -0.379 e. The van der Waals surface area contributed by atoms with Gasteiger partial charge in [0.1, 0.15) is 5.56 Å². The summed E-state index contributed by atoms with van der Waals surface area (Å²) < 4.78 is 5.55. The second kappa shape index (κ2) is 7.39. The third-order valence-electron chi connectivity index (χ3n) is 5.36. The Balaban J connectivity index is 1.90. The molecule has 2 aliphatic heterocycles. The first-order valence-electron chi connectivity index (χ1n) is 8.86. The maximum absolute atomic E-state index is 12.8. The lowest BCUT2D eigenvalue weighted by Gasteiger charge is -2.37. The van der Waals surface area contributed by atoms with Crippen LogP contribution in [0.5, 0.6) is 0 Å². The Bertz CT molecular complexity index is 658. The molecule has 0 saturated carbocycles. The van der Waals surface area contributed by atoms with Crippen molar-refractivity contribution in [3.63, 3.8) is 0 Å². The fraction of sp³-hybridized carbons (Fsp3) is 0.611. The molecule has 2 saturated heterocycles. The maximum Gasteiger partial charge on any atom is 0.282 e. The number of nitro benzene ring substituents is 1. The van der Waals surface area contributed by atoms with Gasteiger partial charge in [0.2, 0.25) is 0 Å². The van der Waals surface area contributed by atoms with Crippen molar-refractivity contribution in [3.05, 3.63) is 33.9 Å². The number of nitro groups is 1. The summed E-state index contributed by atoms with van der Waals surface area (Å²) in [6.07, 6.45) is 3.03. The van der Waals surface area contributed by atoms with Gasteiger partial charge in [0.05, 0.1) is 11.0 Å². The Morgan fingerprint density at radius 2 is 2.00 bits per heavy atom. The van der Waals surface area contributed by atoms with Gasteiger partial charge in [-0.2, -0.15) is 0 Å². The van der Waals surface area contributed by atoms with Gasteiger partial charge in [0.15, 0.2) is 0 Å². The second-order valence-corrected chi connectivity index (χ2v) is 6.94. The van der Waals surface area contributed by atoms with Gasteiger partial charge >= 0.3 is 0 Å². The van der Waals surface area contributed by atoms with Gasteiger partial charge < -0.3 is 14.5 Å². The van der Waals surface area contributed by atoms with Crippen LogP contribution < -0.4 is 4.90 Å². The summed E-state index contributed by atoms with van der Waals surface area (Å²) in [5.41, 5.74) is 0.924. The molecule has 1 aromatic carbocycles. The van der Waals surface area contributed by atoms with Crippen molar-refractivity contribution in [1.29, 1.82) is 0 Å². The van der Waals surface area contributed by atoms with Gasteiger partial charge in [-0.05, 0) is 37.3 Å². The van der Waals surface area contributed by atoms with E-state index in [2.05, 4.69) is 11.8 Å². The number of piperidine rings is 1. The predicted octanol–water partition coefficient (Wildman–Crippen LogP) is 2.69. The molecule has 2 atom stereocenters. The lowest BCUT2D eigenvalue weighted by molar-refractivity contribution is -0.385. The van der Waals surface area contributed by atoms with Gasteiger partial charge in [-0.1, -0.05) is 6.92 Å². The van der Waals surface area contributed by atoms with Crippen LogP contribution in [0.15, 0.2) is 18.2 Å². The summed E-state index contributed by atoms with van der Waals surface area (Å²) in [5, 5.41) is 11.4. The van der Waals surface area contributed by atoms with E-state index in [0.29, 0.717) is 19.0 Å². The Kier molecular flexibility index (Phi) is 5.22. The fourth-order valence-electron chi connectivity index (χ4n) is 3.72. The SMILES string of the molecule is COC1CN(c2ccc([N+](=O)[O-])c(C(=O)N3CCCC3)c2)CCC1C. The minimum atomic E-state index is -0.469. The van der Waals surface area contributed by atoms with E-state index >= 15 is 0 Å². The number of hydrogen-bond acceptors (Lipinski definition) is 5. The molecule has 25 heavy (non-hydrogen) atoms. The molecule has 136 valence electrons. The molecule has 1 aromatic rings. The van der Waals surface area contributed by atoms with Crippen LogP contribution in [0.25, 0.3) is 0 Å². The Hall–Kier alpha value is -2.15. The number of rotatable bonds is 4. The number of amides is 1. The van der Waals surface area contributed by atoms with Crippen LogP contribution in [-0.2, 0) is 4.74 Å². The minimum absolute atomic E-state index is 0.116. The molecule has 0 bridgehead atoms. The standard InChI is InChI=1S/C18H25N3O4/c1-13-7-10-20(12-17(13)25-2)14-5-6-16(21(23)24)15(11-14)18(22)19-8-3-4-9-19/h5-6,11,13,17H,3-4,7-10,12H2,1-2H3. The third-order valence-corrected chi connectivity index (χ3v) is 5.36. The van der Waals surface area contributed by atoms with E-state index in [4.69, 9.17) is 4.74 Å². The van der Waals surface area contributed by atoms with Crippen LogP contribution in [0.3, 0.4) is 0 Å². The molecular weight excluding hydrogens is 322 g/mol. The molecule has 0 radical (unpaired) electrons. The molecule has 1 amide bonds. The highest BCUT2D eigenvalue weighted by molar-refractivity contribution is 5.99. The number of nitrogens with zero attached hydrogens (tertiary/aromatic N) is 3. The van der Waals surface area contributed by atoms with Gasteiger partial charge in [-0.25, -0.2) is 0 Å². The second-order valence-electron chi connectivity index (χ2n) is 6.94. The maximum atomic E-state index is 12.8. The van der Waals surface area contributed by atoms with E-state index in [9.17, 15) is 14.9 Å². The lowest BCUT2D eigenvalue weighted by atomic mass is 9.95. The monoisotopic (exact) mass is 347 g/mol. The molecular formula is C18H25N3O4. The van der Waals surface area contributed by atoms with E-state index in [-0.39, 0.29) is 23.3 Å². The number of benzene rings is 1. The third kappa shape index (κ3) is 3.61. The Morgan fingerprint density at radius 3 is 2.64 bits per heavy atom. The Labute approximate surface area is 147 Å². The molecule has 7 heteroatoms. The van der Waals surface area contributed by atoms with E-state index in [0.717, 1.165) is 38.0 Å². The van der Waals surface area contributed by atoms with Crippen molar-refractivity contribution in [2.75, 3.05) is 38.2 Å². The van der Waals surface area contributed by atoms with Crippen molar-refractivity contribution in [2.45, 2.75) is 32.3 Å². The van der Waals surface area contributed by atoms with Crippen molar-refractivity contribution >= 4 is 17.3 Å². The summed E-state index contributed by atoms with van der Waals surface area (Å²) in [7, 11) is 1.71. The summed E-state index contributed by atoms with van der Waals surface area (Å²) in [6, 6.07) is 4.88. The summed E-state index contributed by atoms with van der Waals surface area (Å²) in [5.74, 6) is 0.240. The summed E-state index contributed by atoms with van der Waals surface area (Å²) in [4.78, 5) is 27.5. The number of methoxy groups -OCH3 is 1. The van der Waals surface area contributed by atoms with Crippen LogP contribution in [0.2, 0.25) is 0 Å². The van der Waals surface area contributed by atoms with E-state index < -0.39 is 4.92 Å². The quantitative estimate of drug-likeness (QED) is 0.618. The molecule has 7 nitrogen and oxygen atoms in total. The summed E-state index contributed by atoms with van der Waals surface area (Å²) >= 11 is 0. The van der Waals surface area contributed by atoms with E-state index in [1.54, 1.807) is 24.1 Å². The van der Waals surface area contributed by atoms with Crippen LogP contribution in [-0.4, -0.2) is 55.1 Å². The zero-order valence-corrected chi connectivity index (χ0v) is 14.8. The molecule has 2 unspecified atom stereocenters. The topological polar surface area (TPSA) is 75.9 Å². The predicted molar refractivity (Wildman–Crippen MR) is 95.0 cm³/mol. The van der Waals surface area contributed by atoms with E-state index in [1.165, 1.54) is 6.07 Å². The molecule has 0 aliphatic carbocycles. The van der Waals surface area contributed by atoms with Crippen molar-refractivity contribution < 1.29 is 14.5 Å². The normalized spacial score (nSPS) is 23.8. The lowest BCUT2D eigenvalue weighted by Crippen LogP contribution is -2.44.